The van der Waals surface area contributed by atoms with E-state index in [1.54, 1.807) is 0 Å². The molecule has 0 bridgehead atoms. The molecular formula is C10H10BrN2O+. The molecule has 14 heavy (non-hydrogen) atoms. The summed E-state index contributed by atoms with van der Waals surface area (Å²) < 4.78 is 2.87. The fourth-order valence-electron chi connectivity index (χ4n) is 1.32. The Labute approximate surface area is 90.5 Å². The van der Waals surface area contributed by atoms with Crippen LogP contribution in [-0.4, -0.2) is 23.4 Å². The molecule has 1 N–H and O–H groups in total. The molecule has 1 amide bonds. The number of benzene rings is 1. The molecule has 1 aromatic carbocycles. The van der Waals surface area contributed by atoms with Gasteiger partial charge in [-0.2, -0.15) is 0 Å². The van der Waals surface area contributed by atoms with Crippen molar-refractivity contribution in [2.45, 2.75) is 6.42 Å². The van der Waals surface area contributed by atoms with Crippen LogP contribution < -0.4 is 5.43 Å². The molecule has 0 aliphatic carbocycles. The van der Waals surface area contributed by atoms with Crippen LogP contribution in [0.25, 0.3) is 0 Å². The highest BCUT2D eigenvalue weighted by Crippen LogP contribution is 2.09. The van der Waals surface area contributed by atoms with Crippen molar-refractivity contribution in [2.75, 3.05) is 6.54 Å². The van der Waals surface area contributed by atoms with Gasteiger partial charge in [0.15, 0.2) is 6.54 Å². The van der Waals surface area contributed by atoms with Crippen LogP contribution in [0.1, 0.15) is 12.0 Å². The monoisotopic (exact) mass is 253 g/mol. The number of carbonyl (C=O) groups is 1. The Morgan fingerprint density at radius 3 is 2.64 bits per heavy atom. The number of nitrogens with one attached hydrogen (secondary N) is 1. The number of amides is 1. The molecule has 0 spiro atoms. The predicted octanol–water partition coefficient (Wildman–Crippen LogP) is 1.32. The molecule has 1 fully saturated rings. The van der Waals surface area contributed by atoms with E-state index in [2.05, 4.69) is 21.4 Å². The molecule has 0 unspecified atom stereocenters. The molecule has 0 atom stereocenters. The Morgan fingerprint density at radius 2 is 2.07 bits per heavy atom. The van der Waals surface area contributed by atoms with Crippen molar-refractivity contribution in [3.05, 3.63) is 34.3 Å². The lowest BCUT2D eigenvalue weighted by Crippen LogP contribution is -2.25. The fraction of sp³-hybridized carbons (Fsp3) is 0.200. The van der Waals surface area contributed by atoms with Crippen molar-refractivity contribution in [1.82, 2.24) is 5.43 Å². The quantitative estimate of drug-likeness (QED) is 0.753. The molecule has 1 saturated heterocycles. The first-order valence-electron chi connectivity index (χ1n) is 4.40. The van der Waals surface area contributed by atoms with Gasteiger partial charge < -0.3 is 0 Å². The molecule has 1 aliphatic rings. The molecule has 0 radical (unpaired) electrons. The van der Waals surface area contributed by atoms with Gasteiger partial charge >= 0.3 is 0 Å². The number of hydrazine groups is 1. The first kappa shape index (κ1) is 9.40. The molecule has 3 nitrogen and oxygen atoms in total. The van der Waals surface area contributed by atoms with Crippen LogP contribution in [0, 0.1) is 0 Å². The van der Waals surface area contributed by atoms with Crippen molar-refractivity contribution in [2.24, 2.45) is 0 Å². The lowest BCUT2D eigenvalue weighted by Gasteiger charge is -1.93. The Hall–Kier alpha value is -1.16. The van der Waals surface area contributed by atoms with Crippen molar-refractivity contribution < 1.29 is 9.48 Å². The van der Waals surface area contributed by atoms with Gasteiger partial charge in [0.1, 0.15) is 0 Å². The minimum atomic E-state index is 0.0818. The average Bonchev–Trinajstić information content (AvgIpc) is 2.56. The zero-order chi connectivity index (χ0) is 9.97. The van der Waals surface area contributed by atoms with Crippen LogP contribution in [0.2, 0.25) is 0 Å². The fourth-order valence-corrected chi connectivity index (χ4v) is 1.58. The molecule has 2 rings (SSSR count). The van der Waals surface area contributed by atoms with Crippen LogP contribution in [0.4, 0.5) is 0 Å². The second kappa shape index (κ2) is 3.92. The highest BCUT2D eigenvalue weighted by molar-refractivity contribution is 9.10. The van der Waals surface area contributed by atoms with E-state index in [-0.39, 0.29) is 5.91 Å². The topological polar surface area (TPSA) is 32.1 Å². The third-order valence-electron chi connectivity index (χ3n) is 2.02. The number of hydrazone groups is 1. The Bertz CT molecular complexity index is 384. The standard InChI is InChI=1S/C10H9BrN2O/c11-9-3-1-8(2-4-9)7-13-6-5-10(14)12-13/h1-4,7H,5-6H2/p+1/b13-7+. The third kappa shape index (κ3) is 2.20. The van der Waals surface area contributed by atoms with Gasteiger partial charge in [0.25, 0.3) is 5.91 Å². The minimum absolute atomic E-state index is 0.0818. The SMILES string of the molecule is O=C1CC/[N+](=C\c2ccc(Br)cc2)N1. The van der Waals surface area contributed by atoms with E-state index in [4.69, 9.17) is 0 Å². The maximum atomic E-state index is 10.9. The predicted molar refractivity (Wildman–Crippen MR) is 57.2 cm³/mol. The summed E-state index contributed by atoms with van der Waals surface area (Å²) in [5, 5.41) is 0. The average molecular weight is 254 g/mol. The van der Waals surface area contributed by atoms with Gasteiger partial charge in [-0.25, -0.2) is 0 Å². The zero-order valence-electron chi connectivity index (χ0n) is 7.53. The number of carbonyl (C=O) groups excluding carboxylic acids is 1. The number of hydrogen-bond donors (Lipinski definition) is 1. The van der Waals surface area contributed by atoms with E-state index in [9.17, 15) is 4.79 Å². The molecule has 0 saturated carbocycles. The summed E-state index contributed by atoms with van der Waals surface area (Å²) in [7, 11) is 0. The smallest absolute Gasteiger partial charge is 0.269 e. The summed E-state index contributed by atoms with van der Waals surface area (Å²) in [4.78, 5) is 10.9. The van der Waals surface area contributed by atoms with Gasteiger partial charge in [-0.3, -0.25) is 4.79 Å². The van der Waals surface area contributed by atoms with Crippen LogP contribution in [0.15, 0.2) is 28.7 Å². The number of halogens is 1. The Morgan fingerprint density at radius 1 is 1.36 bits per heavy atom. The van der Waals surface area contributed by atoms with Gasteiger partial charge in [0.2, 0.25) is 6.21 Å². The van der Waals surface area contributed by atoms with Gasteiger partial charge in [-0.05, 0) is 24.3 Å². The first-order chi connectivity index (χ1) is 6.74. The van der Waals surface area contributed by atoms with E-state index >= 15 is 0 Å². The normalized spacial score (nSPS) is 18.6. The van der Waals surface area contributed by atoms with Crippen molar-refractivity contribution in [3.63, 3.8) is 0 Å². The number of rotatable bonds is 1. The second-order valence-corrected chi connectivity index (χ2v) is 4.07. The highest BCUT2D eigenvalue weighted by Gasteiger charge is 2.20. The summed E-state index contributed by atoms with van der Waals surface area (Å²) in [6, 6.07) is 7.94. The van der Waals surface area contributed by atoms with Gasteiger partial charge in [-0.15, -0.1) is 10.1 Å². The van der Waals surface area contributed by atoms with Crippen molar-refractivity contribution in [1.29, 1.82) is 0 Å². The van der Waals surface area contributed by atoms with Gasteiger partial charge in [0.05, 0.1) is 6.42 Å². The number of nitrogens with zero attached hydrogens (tertiary/aromatic N) is 1. The van der Waals surface area contributed by atoms with Crippen LogP contribution in [-0.2, 0) is 4.79 Å². The van der Waals surface area contributed by atoms with Gasteiger partial charge in [0, 0.05) is 10.0 Å². The summed E-state index contributed by atoms with van der Waals surface area (Å²) in [5.41, 5.74) is 3.82. The largest absolute Gasteiger partial charge is 0.280 e. The first-order valence-corrected chi connectivity index (χ1v) is 5.20. The van der Waals surface area contributed by atoms with E-state index in [0.29, 0.717) is 6.42 Å². The molecule has 72 valence electrons. The van der Waals surface area contributed by atoms with E-state index in [1.165, 1.54) is 0 Å². The van der Waals surface area contributed by atoms with Gasteiger partial charge in [-0.1, -0.05) is 15.9 Å². The zero-order valence-corrected chi connectivity index (χ0v) is 9.12. The number of hydrogen-bond acceptors (Lipinski definition) is 1. The summed E-state index contributed by atoms with van der Waals surface area (Å²) in [5.74, 6) is 0.0818. The molecule has 1 aromatic rings. The van der Waals surface area contributed by atoms with Crippen molar-refractivity contribution in [3.8, 4) is 0 Å². The van der Waals surface area contributed by atoms with E-state index in [0.717, 1.165) is 16.6 Å². The lowest BCUT2D eigenvalue weighted by atomic mass is 10.2. The Balaban J connectivity index is 2.17. The highest BCUT2D eigenvalue weighted by atomic mass is 79.9. The molecule has 1 aliphatic heterocycles. The second-order valence-electron chi connectivity index (χ2n) is 3.16. The van der Waals surface area contributed by atoms with E-state index < -0.39 is 0 Å². The Kier molecular flexibility index (Phi) is 2.63. The maximum absolute atomic E-state index is 10.9. The lowest BCUT2D eigenvalue weighted by molar-refractivity contribution is -0.553. The molecule has 4 heteroatoms. The summed E-state index contributed by atoms with van der Waals surface area (Å²) in [6.45, 7) is 0.745. The summed E-state index contributed by atoms with van der Waals surface area (Å²) in [6.07, 6.45) is 2.50. The molecule has 0 aromatic heterocycles. The van der Waals surface area contributed by atoms with Crippen molar-refractivity contribution >= 4 is 28.1 Å². The van der Waals surface area contributed by atoms with Crippen LogP contribution in [0.3, 0.4) is 0 Å². The summed E-state index contributed by atoms with van der Waals surface area (Å²) >= 11 is 3.37. The minimum Gasteiger partial charge on any atom is -0.269 e. The third-order valence-corrected chi connectivity index (χ3v) is 2.55. The molecule has 1 heterocycles. The van der Waals surface area contributed by atoms with Crippen LogP contribution >= 0.6 is 15.9 Å². The molecular weight excluding hydrogens is 244 g/mol. The maximum Gasteiger partial charge on any atom is 0.280 e. The van der Waals surface area contributed by atoms with E-state index in [1.807, 2.05) is 35.2 Å². The van der Waals surface area contributed by atoms with Crippen LogP contribution in [0.5, 0.6) is 0 Å².